The van der Waals surface area contributed by atoms with E-state index in [-0.39, 0.29) is 0 Å². The Balaban J connectivity index is 2.16. The van der Waals surface area contributed by atoms with Crippen molar-refractivity contribution in [2.75, 3.05) is 0 Å². The predicted octanol–water partition coefficient (Wildman–Crippen LogP) is 5.24. The number of unbranched alkanes of at least 4 members (excludes halogenated alkanes) is 1. The molecule has 0 atom stereocenters. The Morgan fingerprint density at radius 2 is 1.65 bits per heavy atom. The maximum absolute atomic E-state index is 4.41. The van der Waals surface area contributed by atoms with Crippen LogP contribution in [0, 0.1) is 0 Å². The van der Waals surface area contributed by atoms with Crippen molar-refractivity contribution in [2.24, 2.45) is 0 Å². The Morgan fingerprint density at radius 3 is 2.55 bits per heavy atom. The van der Waals surface area contributed by atoms with Crippen LogP contribution in [0.1, 0.15) is 25.3 Å². The maximum Gasteiger partial charge on any atom is 0.0352 e. The molecule has 0 unspecified atom stereocenters. The number of hydrogen-bond acceptors (Lipinski definition) is 1. The quantitative estimate of drug-likeness (QED) is 0.625. The minimum absolute atomic E-state index is 1.13. The van der Waals surface area contributed by atoms with Crippen LogP contribution in [0.25, 0.3) is 21.9 Å². The smallest absolute Gasteiger partial charge is 0.0352 e. The molecule has 0 aliphatic rings. The maximum atomic E-state index is 4.41. The molecular formula is C19H19N. The molecule has 0 N–H and O–H groups in total. The highest BCUT2D eigenvalue weighted by molar-refractivity contribution is 5.96. The van der Waals surface area contributed by atoms with Gasteiger partial charge in [0.25, 0.3) is 0 Å². The van der Waals surface area contributed by atoms with Gasteiger partial charge >= 0.3 is 0 Å². The van der Waals surface area contributed by atoms with E-state index in [2.05, 4.69) is 60.4 Å². The van der Waals surface area contributed by atoms with Gasteiger partial charge < -0.3 is 0 Å². The minimum Gasteiger partial charge on any atom is -0.263 e. The van der Waals surface area contributed by atoms with Crippen molar-refractivity contribution in [2.45, 2.75) is 26.2 Å². The zero-order valence-electron chi connectivity index (χ0n) is 11.8. The average molecular weight is 261 g/mol. The molecule has 2 aromatic carbocycles. The van der Waals surface area contributed by atoms with E-state index in [1.807, 2.05) is 12.4 Å². The fraction of sp³-hybridized carbons (Fsp3) is 0.211. The summed E-state index contributed by atoms with van der Waals surface area (Å²) in [6, 6.07) is 17.2. The largest absolute Gasteiger partial charge is 0.263 e. The molecule has 0 bridgehead atoms. The zero-order chi connectivity index (χ0) is 13.8. The standard InChI is InChI=1S/C19H19N/c1-2-3-8-15-9-4-6-11-17(15)19-14-20-13-16-10-5-7-12-18(16)19/h4-7,9-14H,2-3,8H2,1H3. The van der Waals surface area contributed by atoms with E-state index in [0.717, 1.165) is 6.42 Å². The molecule has 0 fully saturated rings. The number of benzene rings is 2. The van der Waals surface area contributed by atoms with E-state index >= 15 is 0 Å². The first-order valence-electron chi connectivity index (χ1n) is 7.31. The molecule has 1 heterocycles. The first-order valence-corrected chi connectivity index (χ1v) is 7.31. The van der Waals surface area contributed by atoms with E-state index < -0.39 is 0 Å². The number of aromatic nitrogens is 1. The SMILES string of the molecule is CCCCc1ccccc1-c1cncc2ccccc12. The van der Waals surface area contributed by atoms with Gasteiger partial charge in [0.2, 0.25) is 0 Å². The second-order valence-corrected chi connectivity index (χ2v) is 5.17. The molecule has 1 nitrogen and oxygen atoms in total. The highest BCUT2D eigenvalue weighted by Crippen LogP contribution is 2.30. The molecule has 100 valence electrons. The molecule has 0 aliphatic carbocycles. The Bertz CT molecular complexity index is 710. The lowest BCUT2D eigenvalue weighted by molar-refractivity contribution is 0.796. The highest BCUT2D eigenvalue weighted by Gasteiger charge is 2.08. The first kappa shape index (κ1) is 12.9. The Hall–Kier alpha value is -2.15. The minimum atomic E-state index is 1.13. The van der Waals surface area contributed by atoms with Crippen molar-refractivity contribution in [3.05, 3.63) is 66.5 Å². The Kier molecular flexibility index (Phi) is 3.78. The number of nitrogens with zero attached hydrogens (tertiary/aromatic N) is 1. The van der Waals surface area contributed by atoms with Crippen molar-refractivity contribution >= 4 is 10.8 Å². The Labute approximate surface area is 120 Å². The fourth-order valence-corrected chi connectivity index (χ4v) is 2.70. The zero-order valence-corrected chi connectivity index (χ0v) is 11.8. The lowest BCUT2D eigenvalue weighted by Gasteiger charge is -2.11. The third-order valence-corrected chi connectivity index (χ3v) is 3.78. The predicted molar refractivity (Wildman–Crippen MR) is 85.8 cm³/mol. The van der Waals surface area contributed by atoms with Crippen LogP contribution in [0.3, 0.4) is 0 Å². The molecule has 0 amide bonds. The van der Waals surface area contributed by atoms with Gasteiger partial charge in [0.1, 0.15) is 0 Å². The van der Waals surface area contributed by atoms with E-state index in [0.29, 0.717) is 0 Å². The van der Waals surface area contributed by atoms with Crippen LogP contribution in [0.5, 0.6) is 0 Å². The normalized spacial score (nSPS) is 10.8. The van der Waals surface area contributed by atoms with Gasteiger partial charge in [-0.25, -0.2) is 0 Å². The molecule has 3 aromatic rings. The third-order valence-electron chi connectivity index (χ3n) is 3.78. The van der Waals surface area contributed by atoms with Crippen molar-refractivity contribution in [1.82, 2.24) is 4.98 Å². The van der Waals surface area contributed by atoms with Gasteiger partial charge in [0, 0.05) is 23.3 Å². The van der Waals surface area contributed by atoms with Crippen molar-refractivity contribution in [3.8, 4) is 11.1 Å². The molecule has 0 aliphatic heterocycles. The van der Waals surface area contributed by atoms with Gasteiger partial charge in [-0.1, -0.05) is 61.9 Å². The van der Waals surface area contributed by atoms with E-state index in [4.69, 9.17) is 0 Å². The number of aryl methyl sites for hydroxylation is 1. The second kappa shape index (κ2) is 5.87. The van der Waals surface area contributed by atoms with Crippen LogP contribution in [0.2, 0.25) is 0 Å². The summed E-state index contributed by atoms with van der Waals surface area (Å²) in [5.41, 5.74) is 3.99. The third kappa shape index (κ3) is 2.44. The summed E-state index contributed by atoms with van der Waals surface area (Å²) in [6.07, 6.45) is 7.52. The fourth-order valence-electron chi connectivity index (χ4n) is 2.70. The Morgan fingerprint density at radius 1 is 0.850 bits per heavy atom. The number of rotatable bonds is 4. The molecule has 1 heteroatoms. The molecule has 0 saturated heterocycles. The molecular weight excluding hydrogens is 242 g/mol. The summed E-state index contributed by atoms with van der Waals surface area (Å²) in [7, 11) is 0. The van der Waals surface area contributed by atoms with Crippen LogP contribution in [-0.2, 0) is 6.42 Å². The summed E-state index contributed by atoms with van der Waals surface area (Å²) in [5.74, 6) is 0. The van der Waals surface area contributed by atoms with E-state index in [1.165, 1.54) is 40.3 Å². The van der Waals surface area contributed by atoms with Crippen molar-refractivity contribution < 1.29 is 0 Å². The summed E-state index contributed by atoms with van der Waals surface area (Å²) in [4.78, 5) is 4.41. The van der Waals surface area contributed by atoms with Crippen LogP contribution < -0.4 is 0 Å². The van der Waals surface area contributed by atoms with Gasteiger partial charge in [-0.05, 0) is 29.4 Å². The highest BCUT2D eigenvalue weighted by atomic mass is 14.6. The average Bonchev–Trinajstić information content (AvgIpc) is 2.53. The molecule has 0 saturated carbocycles. The summed E-state index contributed by atoms with van der Waals surface area (Å²) >= 11 is 0. The topological polar surface area (TPSA) is 12.9 Å². The molecule has 0 spiro atoms. The van der Waals surface area contributed by atoms with Gasteiger partial charge in [0.05, 0.1) is 0 Å². The number of hydrogen-bond donors (Lipinski definition) is 0. The van der Waals surface area contributed by atoms with Crippen LogP contribution in [0.15, 0.2) is 60.9 Å². The van der Waals surface area contributed by atoms with Gasteiger partial charge in [-0.2, -0.15) is 0 Å². The van der Waals surface area contributed by atoms with Crippen LogP contribution >= 0.6 is 0 Å². The van der Waals surface area contributed by atoms with Crippen molar-refractivity contribution in [1.29, 1.82) is 0 Å². The van der Waals surface area contributed by atoms with E-state index in [9.17, 15) is 0 Å². The van der Waals surface area contributed by atoms with Crippen LogP contribution in [0.4, 0.5) is 0 Å². The lowest BCUT2D eigenvalue weighted by Crippen LogP contribution is -1.91. The summed E-state index contributed by atoms with van der Waals surface area (Å²) < 4.78 is 0. The molecule has 3 rings (SSSR count). The summed E-state index contributed by atoms with van der Waals surface area (Å²) in [5, 5.41) is 2.49. The first-order chi connectivity index (χ1) is 9.90. The molecule has 20 heavy (non-hydrogen) atoms. The molecule has 0 radical (unpaired) electrons. The van der Waals surface area contributed by atoms with Crippen LogP contribution in [-0.4, -0.2) is 4.98 Å². The summed E-state index contributed by atoms with van der Waals surface area (Å²) in [6.45, 7) is 2.24. The van der Waals surface area contributed by atoms with Gasteiger partial charge in [0.15, 0.2) is 0 Å². The monoisotopic (exact) mass is 261 g/mol. The second-order valence-electron chi connectivity index (χ2n) is 5.17. The lowest BCUT2D eigenvalue weighted by atomic mass is 9.94. The number of fused-ring (bicyclic) bond motifs is 1. The van der Waals surface area contributed by atoms with Gasteiger partial charge in [-0.15, -0.1) is 0 Å². The van der Waals surface area contributed by atoms with Gasteiger partial charge in [-0.3, -0.25) is 4.98 Å². The molecule has 1 aromatic heterocycles. The number of pyridine rings is 1. The van der Waals surface area contributed by atoms with Crippen molar-refractivity contribution in [3.63, 3.8) is 0 Å². The van der Waals surface area contributed by atoms with E-state index in [1.54, 1.807) is 0 Å².